The van der Waals surface area contributed by atoms with Crippen molar-refractivity contribution >= 4 is 28.3 Å². The van der Waals surface area contributed by atoms with E-state index < -0.39 is 23.8 Å². The van der Waals surface area contributed by atoms with Gasteiger partial charge in [-0.15, -0.1) is 5.10 Å². The minimum Gasteiger partial charge on any atom is -0.497 e. The van der Waals surface area contributed by atoms with Crippen LogP contribution < -0.4 is 24.8 Å². The first-order valence-electron chi connectivity index (χ1n) is 11.7. The van der Waals surface area contributed by atoms with Gasteiger partial charge in [0.1, 0.15) is 17.2 Å². The molecular formula is C27H20F3N3O6. The number of hydrogen-bond acceptors (Lipinski definition) is 7. The fourth-order valence-electron chi connectivity index (χ4n) is 4.23. The van der Waals surface area contributed by atoms with E-state index in [9.17, 15) is 27.6 Å². The quantitative estimate of drug-likeness (QED) is 0.368. The van der Waals surface area contributed by atoms with Gasteiger partial charge >= 0.3 is 17.7 Å². The average molecular weight is 539 g/mol. The third-order valence-electron chi connectivity index (χ3n) is 6.11. The zero-order chi connectivity index (χ0) is 27.7. The molecule has 12 heteroatoms. The molecule has 2 heterocycles. The first kappa shape index (κ1) is 25.8. The summed E-state index contributed by atoms with van der Waals surface area (Å²) in [5.41, 5.74) is 0.0798. The van der Waals surface area contributed by atoms with E-state index in [0.717, 1.165) is 0 Å². The van der Waals surface area contributed by atoms with Crippen LogP contribution in [0.4, 0.5) is 18.9 Å². The molecule has 1 saturated heterocycles. The van der Waals surface area contributed by atoms with Crippen molar-refractivity contribution in [3.63, 3.8) is 0 Å². The van der Waals surface area contributed by atoms with Crippen LogP contribution in [-0.2, 0) is 9.59 Å². The minimum atomic E-state index is -5.31. The second-order valence-electron chi connectivity index (χ2n) is 8.56. The molecule has 9 nitrogen and oxygen atoms in total. The molecule has 4 aromatic rings. The maximum Gasteiger partial charge on any atom is 0.493 e. The van der Waals surface area contributed by atoms with Crippen LogP contribution in [0.25, 0.3) is 22.0 Å². The molecule has 0 saturated carbocycles. The summed E-state index contributed by atoms with van der Waals surface area (Å²) in [6.45, 7) is 0.409. The van der Waals surface area contributed by atoms with Gasteiger partial charge in [-0.2, -0.15) is 13.2 Å². The Kier molecular flexibility index (Phi) is 6.69. The molecule has 5 rings (SSSR count). The number of benzene rings is 3. The lowest BCUT2D eigenvalue weighted by Crippen LogP contribution is -2.39. The van der Waals surface area contributed by atoms with Crippen LogP contribution >= 0.6 is 0 Å². The van der Waals surface area contributed by atoms with Crippen molar-refractivity contribution in [3.05, 3.63) is 83.2 Å². The standard InChI is InChI=1S/C27H20F3N3O6/c1-37-18-5-4-6-19(15-18)38-22-13-14-32(25(22)35)17-11-9-16(10-12-17)23-20-7-2-3-8-21(20)24(34)33(31-23)39-26(36)27(28,29)30/h2-12,15,22H,13-14H2,1H3. The van der Waals surface area contributed by atoms with Gasteiger partial charge in [-0.25, -0.2) is 4.79 Å². The maximum atomic E-state index is 13.0. The molecule has 3 aromatic carbocycles. The molecule has 1 fully saturated rings. The Hall–Kier alpha value is -4.87. The average Bonchev–Trinajstić information content (AvgIpc) is 3.29. The van der Waals surface area contributed by atoms with Crippen molar-refractivity contribution in [1.82, 2.24) is 9.94 Å². The minimum absolute atomic E-state index is 0.00815. The van der Waals surface area contributed by atoms with E-state index in [4.69, 9.17) is 9.47 Å². The second-order valence-corrected chi connectivity index (χ2v) is 8.56. The summed E-state index contributed by atoms with van der Waals surface area (Å²) in [5.74, 6) is -1.70. The number of hydrogen-bond donors (Lipinski definition) is 0. The number of halogens is 3. The van der Waals surface area contributed by atoms with Crippen LogP contribution in [0.1, 0.15) is 6.42 Å². The van der Waals surface area contributed by atoms with Crippen molar-refractivity contribution in [2.75, 3.05) is 18.6 Å². The molecule has 1 amide bonds. The number of fused-ring (bicyclic) bond motifs is 1. The topological polar surface area (TPSA) is 100.0 Å². The summed E-state index contributed by atoms with van der Waals surface area (Å²) in [4.78, 5) is 42.9. The maximum absolute atomic E-state index is 13.0. The summed E-state index contributed by atoms with van der Waals surface area (Å²) in [7, 11) is 1.53. The molecule has 1 unspecified atom stereocenters. The zero-order valence-electron chi connectivity index (χ0n) is 20.3. The Morgan fingerprint density at radius 1 is 0.949 bits per heavy atom. The molecule has 1 aliphatic rings. The lowest BCUT2D eigenvalue weighted by Gasteiger charge is -2.18. The normalized spacial score (nSPS) is 15.4. The predicted molar refractivity (Wildman–Crippen MR) is 133 cm³/mol. The van der Waals surface area contributed by atoms with Crippen LogP contribution in [0, 0.1) is 0 Å². The SMILES string of the molecule is COc1cccc(OC2CCN(c3ccc(-c4nn(OC(=O)C(F)(F)F)c(=O)c5ccccc45)cc3)C2=O)c1. The Morgan fingerprint density at radius 3 is 2.33 bits per heavy atom. The number of carbonyl (C=O) groups is 2. The van der Waals surface area contributed by atoms with Gasteiger partial charge in [-0.05, 0) is 35.2 Å². The molecule has 0 spiro atoms. The third kappa shape index (κ3) is 5.13. The number of rotatable bonds is 6. The molecule has 1 aromatic heterocycles. The number of amides is 1. The van der Waals surface area contributed by atoms with Crippen LogP contribution in [0.3, 0.4) is 0 Å². The zero-order valence-corrected chi connectivity index (χ0v) is 20.3. The third-order valence-corrected chi connectivity index (χ3v) is 6.11. The van der Waals surface area contributed by atoms with Gasteiger partial charge in [0.05, 0.1) is 12.5 Å². The number of ether oxygens (including phenoxy) is 2. The number of methoxy groups -OCH3 is 1. The van der Waals surface area contributed by atoms with Gasteiger partial charge in [-0.3, -0.25) is 9.59 Å². The van der Waals surface area contributed by atoms with Gasteiger partial charge in [0.15, 0.2) is 6.10 Å². The number of alkyl halides is 3. The van der Waals surface area contributed by atoms with Gasteiger partial charge in [0.2, 0.25) is 0 Å². The highest BCUT2D eigenvalue weighted by Crippen LogP contribution is 2.30. The van der Waals surface area contributed by atoms with Crippen molar-refractivity contribution in [3.8, 4) is 22.8 Å². The lowest BCUT2D eigenvalue weighted by molar-refractivity contribution is -0.201. The fourth-order valence-corrected chi connectivity index (χ4v) is 4.23. The van der Waals surface area contributed by atoms with Gasteiger partial charge < -0.3 is 19.2 Å². The highest BCUT2D eigenvalue weighted by atomic mass is 19.4. The molecule has 0 bridgehead atoms. The second kappa shape index (κ2) is 10.1. The smallest absolute Gasteiger partial charge is 0.493 e. The lowest BCUT2D eigenvalue weighted by atomic mass is 10.0. The number of aromatic nitrogens is 2. The van der Waals surface area contributed by atoms with E-state index >= 15 is 0 Å². The predicted octanol–water partition coefficient (Wildman–Crippen LogP) is 3.77. The Labute approximate surface area is 218 Å². The van der Waals surface area contributed by atoms with E-state index in [1.165, 1.54) is 19.2 Å². The Morgan fingerprint density at radius 2 is 1.64 bits per heavy atom. The van der Waals surface area contributed by atoms with E-state index in [0.29, 0.717) is 41.1 Å². The Bertz CT molecular complexity index is 1620. The van der Waals surface area contributed by atoms with Crippen LogP contribution in [0.2, 0.25) is 0 Å². The molecule has 1 aliphatic heterocycles. The molecule has 0 aliphatic carbocycles. The molecule has 1 atom stereocenters. The summed E-state index contributed by atoms with van der Waals surface area (Å²) in [5, 5.41) is 4.24. The molecule has 0 N–H and O–H groups in total. The summed E-state index contributed by atoms with van der Waals surface area (Å²) in [6, 6.07) is 19.6. The monoisotopic (exact) mass is 539 g/mol. The summed E-state index contributed by atoms with van der Waals surface area (Å²) >= 11 is 0. The van der Waals surface area contributed by atoms with Gasteiger partial charge in [-0.1, -0.05) is 36.4 Å². The molecule has 39 heavy (non-hydrogen) atoms. The van der Waals surface area contributed by atoms with E-state index in [2.05, 4.69) is 9.94 Å². The first-order valence-corrected chi connectivity index (χ1v) is 11.7. The van der Waals surface area contributed by atoms with Crippen molar-refractivity contribution in [2.45, 2.75) is 18.7 Å². The van der Waals surface area contributed by atoms with Gasteiger partial charge in [0, 0.05) is 35.7 Å². The fraction of sp³-hybridized carbons (Fsp3) is 0.185. The molecular weight excluding hydrogens is 519 g/mol. The van der Waals surface area contributed by atoms with E-state index in [1.807, 2.05) is 0 Å². The summed E-state index contributed by atoms with van der Waals surface area (Å²) in [6.07, 6.45) is -5.54. The van der Waals surface area contributed by atoms with E-state index in [1.54, 1.807) is 65.6 Å². The van der Waals surface area contributed by atoms with Crippen LogP contribution in [0.15, 0.2) is 77.6 Å². The number of anilines is 1. The van der Waals surface area contributed by atoms with Crippen LogP contribution in [0.5, 0.6) is 11.5 Å². The number of carbonyl (C=O) groups excluding carboxylic acids is 2. The van der Waals surface area contributed by atoms with Crippen molar-refractivity contribution in [1.29, 1.82) is 0 Å². The highest BCUT2D eigenvalue weighted by molar-refractivity contribution is 5.99. The molecule has 200 valence electrons. The number of nitrogens with zero attached hydrogens (tertiary/aromatic N) is 3. The van der Waals surface area contributed by atoms with Crippen molar-refractivity contribution < 1.29 is 37.1 Å². The highest BCUT2D eigenvalue weighted by Gasteiger charge is 2.42. The van der Waals surface area contributed by atoms with Crippen LogP contribution in [-0.4, -0.2) is 47.8 Å². The first-order chi connectivity index (χ1) is 18.7. The van der Waals surface area contributed by atoms with E-state index in [-0.39, 0.29) is 21.8 Å². The van der Waals surface area contributed by atoms with Crippen molar-refractivity contribution in [2.24, 2.45) is 0 Å². The molecule has 0 radical (unpaired) electrons. The largest absolute Gasteiger partial charge is 0.497 e. The summed E-state index contributed by atoms with van der Waals surface area (Å²) < 4.78 is 49.3. The Balaban J connectivity index is 1.41. The van der Waals surface area contributed by atoms with Gasteiger partial charge in [0.25, 0.3) is 5.91 Å².